The first kappa shape index (κ1) is 18.7. The van der Waals surface area contributed by atoms with E-state index in [2.05, 4.69) is 32.5 Å². The van der Waals surface area contributed by atoms with E-state index in [1.54, 1.807) is 6.21 Å². The molecule has 2 heterocycles. The van der Waals surface area contributed by atoms with Crippen molar-refractivity contribution in [2.45, 2.75) is 19.4 Å². The number of benzene rings is 2. The Morgan fingerprint density at radius 3 is 2.71 bits per heavy atom. The number of carbonyl (C=O) groups excluding carboxylic acids is 1. The van der Waals surface area contributed by atoms with Crippen molar-refractivity contribution in [3.8, 4) is 0 Å². The smallest absolute Gasteiger partial charge is 0.243 e. The van der Waals surface area contributed by atoms with Gasteiger partial charge < -0.3 is 4.98 Å². The zero-order valence-corrected chi connectivity index (χ0v) is 16.3. The van der Waals surface area contributed by atoms with E-state index in [-0.39, 0.29) is 11.8 Å². The fourth-order valence-corrected chi connectivity index (χ4v) is 3.78. The molecule has 144 valence electrons. The van der Waals surface area contributed by atoms with Gasteiger partial charge in [0.1, 0.15) is 0 Å². The Hall–Kier alpha value is -2.63. The van der Waals surface area contributed by atoms with Crippen LogP contribution in [0.15, 0.2) is 59.8 Å². The monoisotopic (exact) mass is 394 g/mol. The predicted molar refractivity (Wildman–Crippen MR) is 113 cm³/mol. The summed E-state index contributed by atoms with van der Waals surface area (Å²) in [4.78, 5) is 18.0. The number of likely N-dealkylation sites (tertiary alicyclic amines) is 1. The van der Waals surface area contributed by atoms with Gasteiger partial charge in [0, 0.05) is 40.1 Å². The maximum atomic E-state index is 12.4. The van der Waals surface area contributed by atoms with Crippen molar-refractivity contribution in [2.75, 3.05) is 13.1 Å². The van der Waals surface area contributed by atoms with Crippen molar-refractivity contribution in [3.05, 3.63) is 70.9 Å². The van der Waals surface area contributed by atoms with E-state index in [1.165, 1.54) is 5.56 Å². The first-order valence-electron chi connectivity index (χ1n) is 9.55. The summed E-state index contributed by atoms with van der Waals surface area (Å²) in [7, 11) is 0. The number of fused-ring (bicyclic) bond motifs is 1. The van der Waals surface area contributed by atoms with E-state index >= 15 is 0 Å². The number of halogens is 1. The first-order chi connectivity index (χ1) is 13.7. The molecule has 0 bridgehead atoms. The largest absolute Gasteiger partial charge is 0.361 e. The number of rotatable bonds is 5. The van der Waals surface area contributed by atoms with Gasteiger partial charge in [0.05, 0.1) is 6.21 Å². The number of aromatic nitrogens is 1. The van der Waals surface area contributed by atoms with Gasteiger partial charge in [0.2, 0.25) is 5.91 Å². The third kappa shape index (κ3) is 4.43. The van der Waals surface area contributed by atoms with E-state index in [9.17, 15) is 4.79 Å². The molecule has 3 aromatic rings. The van der Waals surface area contributed by atoms with E-state index in [1.807, 2.05) is 42.6 Å². The molecular weight excluding hydrogens is 372 g/mol. The molecule has 1 aliphatic rings. The van der Waals surface area contributed by atoms with Crippen LogP contribution < -0.4 is 5.43 Å². The Kier molecular flexibility index (Phi) is 5.74. The number of hydrazone groups is 1. The number of amides is 1. The second-order valence-corrected chi connectivity index (χ2v) is 7.64. The van der Waals surface area contributed by atoms with Crippen molar-refractivity contribution in [1.29, 1.82) is 0 Å². The quantitative estimate of drug-likeness (QED) is 0.503. The van der Waals surface area contributed by atoms with Crippen LogP contribution in [-0.4, -0.2) is 35.1 Å². The van der Waals surface area contributed by atoms with Crippen LogP contribution in [0.4, 0.5) is 0 Å². The van der Waals surface area contributed by atoms with Crippen LogP contribution in [0.1, 0.15) is 24.0 Å². The van der Waals surface area contributed by atoms with Gasteiger partial charge in [-0.1, -0.05) is 41.9 Å². The topological polar surface area (TPSA) is 60.5 Å². The summed E-state index contributed by atoms with van der Waals surface area (Å²) < 4.78 is 0. The lowest BCUT2D eigenvalue weighted by atomic mass is 9.96. The van der Waals surface area contributed by atoms with Gasteiger partial charge in [-0.15, -0.1) is 0 Å². The Morgan fingerprint density at radius 1 is 1.18 bits per heavy atom. The summed E-state index contributed by atoms with van der Waals surface area (Å²) in [5.41, 5.74) is 5.98. The zero-order valence-electron chi connectivity index (χ0n) is 15.6. The van der Waals surface area contributed by atoms with Crippen molar-refractivity contribution in [1.82, 2.24) is 15.3 Å². The van der Waals surface area contributed by atoms with Gasteiger partial charge in [-0.3, -0.25) is 9.69 Å². The number of nitrogens with one attached hydrogen (secondary N) is 2. The number of carbonyl (C=O) groups is 1. The van der Waals surface area contributed by atoms with Crippen molar-refractivity contribution < 1.29 is 4.79 Å². The summed E-state index contributed by atoms with van der Waals surface area (Å²) in [6, 6.07) is 16.0. The molecule has 0 aliphatic carbocycles. The summed E-state index contributed by atoms with van der Waals surface area (Å²) in [5, 5.41) is 6.01. The van der Waals surface area contributed by atoms with Crippen LogP contribution in [-0.2, 0) is 11.3 Å². The van der Waals surface area contributed by atoms with Crippen LogP contribution >= 0.6 is 11.6 Å². The molecule has 2 aromatic carbocycles. The van der Waals surface area contributed by atoms with Gasteiger partial charge in [0.15, 0.2) is 0 Å². The van der Waals surface area contributed by atoms with Crippen molar-refractivity contribution in [3.63, 3.8) is 0 Å². The fourth-order valence-electron chi connectivity index (χ4n) is 3.66. The number of nitrogens with zero attached hydrogens (tertiary/aromatic N) is 2. The van der Waals surface area contributed by atoms with Gasteiger partial charge in [-0.2, -0.15) is 5.10 Å². The first-order valence-corrected chi connectivity index (χ1v) is 9.93. The Bertz CT molecular complexity index is 972. The van der Waals surface area contributed by atoms with Gasteiger partial charge in [-0.25, -0.2) is 5.43 Å². The number of aromatic amines is 1. The number of para-hydroxylation sites is 1. The molecule has 1 aliphatic heterocycles. The Labute approximate surface area is 169 Å². The highest BCUT2D eigenvalue weighted by Gasteiger charge is 2.24. The molecule has 1 fully saturated rings. The lowest BCUT2D eigenvalue weighted by molar-refractivity contribution is -0.126. The van der Waals surface area contributed by atoms with E-state index in [0.29, 0.717) is 0 Å². The SMILES string of the molecule is O=C(N/N=C/c1c[nH]c2ccccc12)C1CCN(Cc2ccc(Cl)cc2)CC1. The van der Waals surface area contributed by atoms with Crippen LogP contribution in [0.2, 0.25) is 5.02 Å². The summed E-state index contributed by atoms with van der Waals surface area (Å²) in [6.07, 6.45) is 5.30. The molecule has 0 radical (unpaired) electrons. The molecule has 0 atom stereocenters. The molecule has 28 heavy (non-hydrogen) atoms. The molecule has 1 aromatic heterocycles. The average Bonchev–Trinajstić information content (AvgIpc) is 3.13. The molecule has 1 amide bonds. The fraction of sp³-hybridized carbons (Fsp3) is 0.273. The molecule has 4 rings (SSSR count). The number of hydrogen-bond donors (Lipinski definition) is 2. The normalized spacial score (nSPS) is 16.0. The van der Waals surface area contributed by atoms with Gasteiger partial charge in [0.25, 0.3) is 0 Å². The highest BCUT2D eigenvalue weighted by atomic mass is 35.5. The molecule has 6 heteroatoms. The zero-order chi connectivity index (χ0) is 19.3. The molecule has 1 saturated heterocycles. The molecule has 0 spiro atoms. The average molecular weight is 395 g/mol. The summed E-state index contributed by atoms with van der Waals surface area (Å²) >= 11 is 5.94. The molecule has 2 N–H and O–H groups in total. The van der Waals surface area contributed by atoms with E-state index in [0.717, 1.165) is 54.0 Å². The lowest BCUT2D eigenvalue weighted by Crippen LogP contribution is -2.39. The maximum Gasteiger partial charge on any atom is 0.243 e. The number of H-pyrrole nitrogens is 1. The van der Waals surface area contributed by atoms with Crippen molar-refractivity contribution in [2.24, 2.45) is 11.0 Å². The minimum atomic E-state index is 0.00207. The highest BCUT2D eigenvalue weighted by molar-refractivity contribution is 6.30. The van der Waals surface area contributed by atoms with Crippen molar-refractivity contribution >= 4 is 34.6 Å². The second-order valence-electron chi connectivity index (χ2n) is 7.20. The molecule has 0 unspecified atom stereocenters. The van der Waals surface area contributed by atoms with Crippen LogP contribution in [0.5, 0.6) is 0 Å². The standard InChI is InChI=1S/C22H23ClN4O/c23-19-7-5-16(6-8-19)15-27-11-9-17(10-12-27)22(28)26-25-14-18-13-24-21-4-2-1-3-20(18)21/h1-8,13-14,17,24H,9-12,15H2,(H,26,28)/b25-14+. The molecular formula is C22H23ClN4O. The summed E-state index contributed by atoms with van der Waals surface area (Å²) in [6.45, 7) is 2.71. The van der Waals surface area contributed by atoms with Gasteiger partial charge in [-0.05, 0) is 49.7 Å². The van der Waals surface area contributed by atoms with Gasteiger partial charge >= 0.3 is 0 Å². The second kappa shape index (κ2) is 8.59. The maximum absolute atomic E-state index is 12.4. The van der Waals surface area contributed by atoms with Crippen LogP contribution in [0, 0.1) is 5.92 Å². The van der Waals surface area contributed by atoms with E-state index in [4.69, 9.17) is 11.6 Å². The summed E-state index contributed by atoms with van der Waals surface area (Å²) in [5.74, 6) is 0.0174. The minimum absolute atomic E-state index is 0.00207. The van der Waals surface area contributed by atoms with Crippen LogP contribution in [0.3, 0.4) is 0 Å². The predicted octanol–water partition coefficient (Wildman–Crippen LogP) is 4.18. The highest BCUT2D eigenvalue weighted by Crippen LogP contribution is 2.20. The lowest BCUT2D eigenvalue weighted by Gasteiger charge is -2.30. The number of hydrogen-bond acceptors (Lipinski definition) is 3. The third-order valence-corrected chi connectivity index (χ3v) is 5.53. The molecule has 5 nitrogen and oxygen atoms in total. The number of piperidine rings is 1. The third-order valence-electron chi connectivity index (χ3n) is 5.28. The van der Waals surface area contributed by atoms with E-state index < -0.39 is 0 Å². The Morgan fingerprint density at radius 2 is 1.93 bits per heavy atom. The molecule has 0 saturated carbocycles. The minimum Gasteiger partial charge on any atom is -0.361 e. The Balaban J connectivity index is 1.26. The van der Waals surface area contributed by atoms with Crippen LogP contribution in [0.25, 0.3) is 10.9 Å².